The fourth-order valence-electron chi connectivity index (χ4n) is 2.28. The molecule has 9 heteroatoms. The second-order valence-corrected chi connectivity index (χ2v) is 6.96. The van der Waals surface area contributed by atoms with Gasteiger partial charge in [0.05, 0.1) is 12.4 Å². The van der Waals surface area contributed by atoms with Crippen LogP contribution in [0, 0.1) is 0 Å². The number of primary amides is 1. The number of imide groups is 1. The number of amides is 3. The molecule has 0 aliphatic carbocycles. The standard InChI is InChI=1S/C17H23N5O3S/c1-4-5-10-22-14(12-6-8-13(25-3)9-7-12)20-21-17(22)26-11(2)15(23)19-16(18)24/h6-9,11H,4-5,10H2,1-3H3,(H3,18,19,23,24). The number of carbonyl (C=O) groups excluding carboxylic acids is 2. The van der Waals surface area contributed by atoms with Gasteiger partial charge in [-0.2, -0.15) is 0 Å². The van der Waals surface area contributed by atoms with Crippen LogP contribution in [0.25, 0.3) is 11.4 Å². The Morgan fingerprint density at radius 2 is 2.00 bits per heavy atom. The third-order valence-corrected chi connectivity index (χ3v) is 4.78. The van der Waals surface area contributed by atoms with Gasteiger partial charge in [0, 0.05) is 12.1 Å². The summed E-state index contributed by atoms with van der Waals surface area (Å²) in [4.78, 5) is 22.8. The van der Waals surface area contributed by atoms with Crippen LogP contribution in [0.15, 0.2) is 29.4 Å². The number of rotatable bonds is 8. The van der Waals surface area contributed by atoms with Crippen molar-refractivity contribution >= 4 is 23.7 Å². The van der Waals surface area contributed by atoms with Crippen molar-refractivity contribution in [2.24, 2.45) is 5.73 Å². The Morgan fingerprint density at radius 1 is 1.31 bits per heavy atom. The number of methoxy groups -OCH3 is 1. The van der Waals surface area contributed by atoms with E-state index in [0.717, 1.165) is 36.5 Å². The molecule has 3 N–H and O–H groups in total. The van der Waals surface area contributed by atoms with Gasteiger partial charge >= 0.3 is 6.03 Å². The van der Waals surface area contributed by atoms with Crippen LogP contribution in [0.4, 0.5) is 4.79 Å². The first-order chi connectivity index (χ1) is 12.5. The van der Waals surface area contributed by atoms with Gasteiger partial charge in [0.1, 0.15) is 5.75 Å². The molecule has 1 atom stereocenters. The Bertz CT molecular complexity index is 760. The van der Waals surface area contributed by atoms with Crippen LogP contribution in [-0.4, -0.2) is 39.1 Å². The Hall–Kier alpha value is -2.55. The summed E-state index contributed by atoms with van der Waals surface area (Å²) in [5.74, 6) is 1.03. The molecule has 0 spiro atoms. The van der Waals surface area contributed by atoms with Crippen LogP contribution in [0.3, 0.4) is 0 Å². The molecule has 0 aliphatic rings. The third kappa shape index (κ3) is 4.98. The number of nitrogens with two attached hydrogens (primary N) is 1. The molecule has 3 amide bonds. The number of urea groups is 1. The van der Waals surface area contributed by atoms with E-state index in [-0.39, 0.29) is 0 Å². The van der Waals surface area contributed by atoms with Crippen molar-refractivity contribution in [2.45, 2.75) is 43.6 Å². The highest BCUT2D eigenvalue weighted by molar-refractivity contribution is 8.00. The minimum Gasteiger partial charge on any atom is -0.497 e. The lowest BCUT2D eigenvalue weighted by molar-refractivity contribution is -0.119. The van der Waals surface area contributed by atoms with E-state index in [0.29, 0.717) is 5.16 Å². The van der Waals surface area contributed by atoms with Crippen LogP contribution >= 0.6 is 11.8 Å². The molecule has 0 aliphatic heterocycles. The van der Waals surface area contributed by atoms with E-state index in [4.69, 9.17) is 10.5 Å². The van der Waals surface area contributed by atoms with E-state index in [1.54, 1.807) is 14.0 Å². The predicted octanol–water partition coefficient (Wildman–Crippen LogP) is 2.43. The Kier molecular flexibility index (Phi) is 7.02. The Labute approximate surface area is 156 Å². The molecule has 0 saturated heterocycles. The zero-order valence-electron chi connectivity index (χ0n) is 15.1. The summed E-state index contributed by atoms with van der Waals surface area (Å²) < 4.78 is 7.18. The molecule has 1 unspecified atom stereocenters. The van der Waals surface area contributed by atoms with E-state index in [1.165, 1.54) is 11.8 Å². The lowest BCUT2D eigenvalue weighted by Crippen LogP contribution is -2.39. The molecule has 2 rings (SSSR count). The number of hydrogen-bond donors (Lipinski definition) is 2. The van der Waals surface area contributed by atoms with Gasteiger partial charge in [-0.25, -0.2) is 4.79 Å². The lowest BCUT2D eigenvalue weighted by Gasteiger charge is -2.13. The van der Waals surface area contributed by atoms with Gasteiger partial charge in [-0.3, -0.25) is 10.1 Å². The first-order valence-corrected chi connectivity index (χ1v) is 9.18. The van der Waals surface area contributed by atoms with E-state index in [1.807, 2.05) is 28.8 Å². The van der Waals surface area contributed by atoms with Crippen LogP contribution in [0.5, 0.6) is 5.75 Å². The number of ether oxygens (including phenoxy) is 1. The van der Waals surface area contributed by atoms with Crippen molar-refractivity contribution in [2.75, 3.05) is 7.11 Å². The second kappa shape index (κ2) is 9.23. The molecule has 8 nitrogen and oxygen atoms in total. The van der Waals surface area contributed by atoms with Gasteiger partial charge in [0.2, 0.25) is 5.91 Å². The summed E-state index contributed by atoms with van der Waals surface area (Å²) in [7, 11) is 1.62. The average Bonchev–Trinajstić information content (AvgIpc) is 3.01. The van der Waals surface area contributed by atoms with Crippen molar-refractivity contribution in [3.8, 4) is 17.1 Å². The summed E-state index contributed by atoms with van der Waals surface area (Å²) in [6.45, 7) is 4.53. The van der Waals surface area contributed by atoms with Gasteiger partial charge in [-0.05, 0) is 37.6 Å². The van der Waals surface area contributed by atoms with E-state index in [9.17, 15) is 9.59 Å². The number of carbonyl (C=O) groups is 2. The maximum atomic E-state index is 11.9. The van der Waals surface area contributed by atoms with Crippen molar-refractivity contribution < 1.29 is 14.3 Å². The molecule has 0 saturated carbocycles. The number of nitrogens with one attached hydrogen (secondary N) is 1. The maximum absolute atomic E-state index is 11.9. The highest BCUT2D eigenvalue weighted by Crippen LogP contribution is 2.28. The molecule has 1 heterocycles. The number of benzene rings is 1. The highest BCUT2D eigenvalue weighted by atomic mass is 32.2. The highest BCUT2D eigenvalue weighted by Gasteiger charge is 2.21. The van der Waals surface area contributed by atoms with Gasteiger partial charge in [0.15, 0.2) is 11.0 Å². The van der Waals surface area contributed by atoms with E-state index >= 15 is 0 Å². The molecular formula is C17H23N5O3S. The Morgan fingerprint density at radius 3 is 2.58 bits per heavy atom. The van der Waals surface area contributed by atoms with Gasteiger partial charge in [-0.15, -0.1) is 10.2 Å². The number of aromatic nitrogens is 3. The number of unbranched alkanes of at least 4 members (excludes halogenated alkanes) is 1. The molecule has 26 heavy (non-hydrogen) atoms. The zero-order valence-corrected chi connectivity index (χ0v) is 15.9. The fraction of sp³-hybridized carbons (Fsp3) is 0.412. The van der Waals surface area contributed by atoms with Crippen molar-refractivity contribution in [3.05, 3.63) is 24.3 Å². The average molecular weight is 377 g/mol. The minimum absolute atomic E-state index is 0.460. The third-order valence-electron chi connectivity index (χ3n) is 3.70. The van der Waals surface area contributed by atoms with Crippen LogP contribution in [0.2, 0.25) is 0 Å². The SMILES string of the molecule is CCCCn1c(SC(C)C(=O)NC(N)=O)nnc1-c1ccc(OC)cc1. The first kappa shape index (κ1) is 19.8. The van der Waals surface area contributed by atoms with Gasteiger partial charge in [-0.1, -0.05) is 25.1 Å². The largest absolute Gasteiger partial charge is 0.497 e. The number of thioether (sulfide) groups is 1. The number of nitrogens with zero attached hydrogens (tertiary/aromatic N) is 3. The zero-order chi connectivity index (χ0) is 19.1. The minimum atomic E-state index is -0.867. The maximum Gasteiger partial charge on any atom is 0.318 e. The molecule has 0 radical (unpaired) electrons. The summed E-state index contributed by atoms with van der Waals surface area (Å²) in [6, 6.07) is 6.70. The molecule has 140 valence electrons. The van der Waals surface area contributed by atoms with Crippen LogP contribution in [-0.2, 0) is 11.3 Å². The van der Waals surface area contributed by atoms with Crippen LogP contribution in [0.1, 0.15) is 26.7 Å². The normalized spacial score (nSPS) is 11.8. The molecule has 0 bridgehead atoms. The predicted molar refractivity (Wildman–Crippen MR) is 100.0 cm³/mol. The van der Waals surface area contributed by atoms with Crippen molar-refractivity contribution in [1.82, 2.24) is 20.1 Å². The van der Waals surface area contributed by atoms with E-state index in [2.05, 4.69) is 22.4 Å². The molecule has 1 aromatic heterocycles. The summed E-state index contributed by atoms with van der Waals surface area (Å²) in [5.41, 5.74) is 5.91. The smallest absolute Gasteiger partial charge is 0.318 e. The first-order valence-electron chi connectivity index (χ1n) is 8.30. The van der Waals surface area contributed by atoms with Gasteiger partial charge in [0.25, 0.3) is 0 Å². The molecule has 1 aromatic carbocycles. The quantitative estimate of drug-likeness (QED) is 0.683. The Balaban J connectivity index is 2.27. The fourth-order valence-corrected chi connectivity index (χ4v) is 3.16. The molecule has 0 fully saturated rings. The topological polar surface area (TPSA) is 112 Å². The van der Waals surface area contributed by atoms with E-state index < -0.39 is 17.2 Å². The van der Waals surface area contributed by atoms with Gasteiger partial charge < -0.3 is 15.0 Å². The molecular weight excluding hydrogens is 354 g/mol. The summed E-state index contributed by atoms with van der Waals surface area (Å²) >= 11 is 1.24. The second-order valence-electron chi connectivity index (χ2n) is 5.65. The van der Waals surface area contributed by atoms with Crippen LogP contribution < -0.4 is 15.8 Å². The summed E-state index contributed by atoms with van der Waals surface area (Å²) in [6.07, 6.45) is 1.97. The summed E-state index contributed by atoms with van der Waals surface area (Å²) in [5, 5.41) is 10.7. The molecule has 2 aromatic rings. The monoisotopic (exact) mass is 377 g/mol. The van der Waals surface area contributed by atoms with Crippen molar-refractivity contribution in [1.29, 1.82) is 0 Å². The number of hydrogen-bond acceptors (Lipinski definition) is 6. The van der Waals surface area contributed by atoms with Crippen molar-refractivity contribution in [3.63, 3.8) is 0 Å². The lowest BCUT2D eigenvalue weighted by atomic mass is 10.2.